The zero-order chi connectivity index (χ0) is 18.4. The lowest BCUT2D eigenvalue weighted by atomic mass is 9.71. The SMILES string of the molecule is CCOC(=O)C=Cc1cnc(NC2CCC(C(C)(C)C)CC2)c(Cl)c1. The van der Waals surface area contributed by atoms with E-state index in [1.165, 1.54) is 18.9 Å². The summed E-state index contributed by atoms with van der Waals surface area (Å²) in [5.41, 5.74) is 1.16. The van der Waals surface area contributed by atoms with Crippen LogP contribution in [0.5, 0.6) is 0 Å². The van der Waals surface area contributed by atoms with Crippen LogP contribution in [-0.2, 0) is 9.53 Å². The van der Waals surface area contributed by atoms with Gasteiger partial charge in [0.1, 0.15) is 5.82 Å². The molecule has 0 aliphatic heterocycles. The Balaban J connectivity index is 1.92. The van der Waals surface area contributed by atoms with Crippen molar-refractivity contribution in [3.63, 3.8) is 0 Å². The average Bonchev–Trinajstić information content (AvgIpc) is 2.55. The lowest BCUT2D eigenvalue weighted by Gasteiger charge is -2.37. The Morgan fingerprint density at radius 1 is 1.36 bits per heavy atom. The van der Waals surface area contributed by atoms with Crippen LogP contribution in [-0.4, -0.2) is 23.6 Å². The minimum atomic E-state index is -0.364. The fourth-order valence-corrected chi connectivity index (χ4v) is 3.53. The van der Waals surface area contributed by atoms with E-state index < -0.39 is 0 Å². The zero-order valence-electron chi connectivity index (χ0n) is 15.6. The van der Waals surface area contributed by atoms with Gasteiger partial charge in [-0.3, -0.25) is 0 Å². The van der Waals surface area contributed by atoms with Crippen LogP contribution >= 0.6 is 11.6 Å². The number of ether oxygens (including phenoxy) is 1. The molecule has 0 spiro atoms. The summed E-state index contributed by atoms with van der Waals surface area (Å²) < 4.78 is 4.86. The van der Waals surface area contributed by atoms with Crippen molar-refractivity contribution in [1.82, 2.24) is 4.98 Å². The molecule has 0 atom stereocenters. The van der Waals surface area contributed by atoms with Crippen molar-refractivity contribution >= 4 is 29.5 Å². The van der Waals surface area contributed by atoms with Crippen molar-refractivity contribution in [2.45, 2.75) is 59.4 Å². The predicted octanol–water partition coefficient (Wildman–Crippen LogP) is 5.33. The van der Waals surface area contributed by atoms with E-state index in [1.807, 2.05) is 6.07 Å². The van der Waals surface area contributed by atoms with Crippen LogP contribution in [0.2, 0.25) is 5.02 Å². The lowest BCUT2D eigenvalue weighted by molar-refractivity contribution is -0.137. The minimum absolute atomic E-state index is 0.364. The number of aromatic nitrogens is 1. The van der Waals surface area contributed by atoms with E-state index >= 15 is 0 Å². The number of hydrogen-bond acceptors (Lipinski definition) is 4. The number of carbonyl (C=O) groups excluding carboxylic acids is 1. The van der Waals surface area contributed by atoms with Gasteiger partial charge in [0.15, 0.2) is 0 Å². The maximum atomic E-state index is 11.4. The number of halogens is 1. The standard InChI is InChI=1S/C20H29ClN2O2/c1-5-25-18(24)11-6-14-12-17(21)19(22-13-14)23-16-9-7-15(8-10-16)20(2,3)4/h6,11-13,15-16H,5,7-10H2,1-4H3,(H,22,23). The molecule has 1 aromatic rings. The molecule has 4 nitrogen and oxygen atoms in total. The zero-order valence-corrected chi connectivity index (χ0v) is 16.4. The summed E-state index contributed by atoms with van der Waals surface area (Å²) in [5.74, 6) is 1.13. The van der Waals surface area contributed by atoms with Gasteiger partial charge in [0.05, 0.1) is 11.6 Å². The second-order valence-electron chi connectivity index (χ2n) is 7.74. The highest BCUT2D eigenvalue weighted by Gasteiger charge is 2.29. The molecule has 1 saturated carbocycles. The molecule has 2 rings (SSSR count). The van der Waals surface area contributed by atoms with Crippen molar-refractivity contribution in [2.75, 3.05) is 11.9 Å². The number of rotatable bonds is 5. The topological polar surface area (TPSA) is 51.2 Å². The molecule has 5 heteroatoms. The Morgan fingerprint density at radius 3 is 2.60 bits per heavy atom. The summed E-state index contributed by atoms with van der Waals surface area (Å²) in [5, 5.41) is 4.05. The molecule has 138 valence electrons. The first-order valence-corrected chi connectivity index (χ1v) is 9.44. The summed E-state index contributed by atoms with van der Waals surface area (Å²) in [7, 11) is 0. The van der Waals surface area contributed by atoms with Gasteiger partial charge in [0, 0.05) is 18.3 Å². The van der Waals surface area contributed by atoms with Crippen molar-refractivity contribution in [1.29, 1.82) is 0 Å². The van der Waals surface area contributed by atoms with Crippen LogP contribution in [0.3, 0.4) is 0 Å². The Kier molecular flexibility index (Phi) is 6.88. The highest BCUT2D eigenvalue weighted by molar-refractivity contribution is 6.33. The van der Waals surface area contributed by atoms with Crippen LogP contribution in [0.15, 0.2) is 18.3 Å². The summed E-state index contributed by atoms with van der Waals surface area (Å²) in [4.78, 5) is 15.8. The molecule has 1 aromatic heterocycles. The van der Waals surface area contributed by atoms with E-state index in [2.05, 4.69) is 31.1 Å². The second-order valence-corrected chi connectivity index (χ2v) is 8.15. The van der Waals surface area contributed by atoms with Crippen LogP contribution in [0, 0.1) is 11.3 Å². The molecule has 1 N–H and O–H groups in total. The largest absolute Gasteiger partial charge is 0.463 e. The molecular formula is C20H29ClN2O2. The van der Waals surface area contributed by atoms with Crippen LogP contribution in [0.1, 0.15) is 58.9 Å². The smallest absolute Gasteiger partial charge is 0.330 e. The number of nitrogens with zero attached hydrogens (tertiary/aromatic N) is 1. The highest BCUT2D eigenvalue weighted by Crippen LogP contribution is 2.38. The van der Waals surface area contributed by atoms with Gasteiger partial charge in [0.25, 0.3) is 0 Å². The third-order valence-electron chi connectivity index (χ3n) is 4.85. The normalized spacial score (nSPS) is 21.3. The number of esters is 1. The number of carbonyl (C=O) groups is 1. The van der Waals surface area contributed by atoms with Crippen LogP contribution in [0.25, 0.3) is 6.08 Å². The monoisotopic (exact) mass is 364 g/mol. The average molecular weight is 365 g/mol. The molecule has 0 radical (unpaired) electrons. The van der Waals surface area contributed by atoms with E-state index in [0.717, 1.165) is 24.3 Å². The quantitative estimate of drug-likeness (QED) is 0.566. The van der Waals surface area contributed by atoms with E-state index in [9.17, 15) is 4.79 Å². The van der Waals surface area contributed by atoms with Gasteiger partial charge in [-0.1, -0.05) is 32.4 Å². The Morgan fingerprint density at radius 2 is 2.04 bits per heavy atom. The van der Waals surface area contributed by atoms with Gasteiger partial charge in [-0.2, -0.15) is 0 Å². The van der Waals surface area contributed by atoms with Crippen molar-refractivity contribution < 1.29 is 9.53 Å². The summed E-state index contributed by atoms with van der Waals surface area (Å²) in [6.45, 7) is 9.12. The minimum Gasteiger partial charge on any atom is -0.463 e. The first-order chi connectivity index (χ1) is 11.8. The fraction of sp³-hybridized carbons (Fsp3) is 0.600. The van der Waals surface area contributed by atoms with Crippen molar-refractivity contribution in [3.05, 3.63) is 28.9 Å². The lowest BCUT2D eigenvalue weighted by Crippen LogP contribution is -2.31. The van der Waals surface area contributed by atoms with E-state index in [4.69, 9.17) is 16.3 Å². The Labute approximate surface area is 156 Å². The van der Waals surface area contributed by atoms with Crippen LogP contribution < -0.4 is 5.32 Å². The maximum Gasteiger partial charge on any atom is 0.330 e. The first-order valence-electron chi connectivity index (χ1n) is 9.06. The molecule has 1 heterocycles. The van der Waals surface area contributed by atoms with Gasteiger partial charge in [-0.25, -0.2) is 9.78 Å². The Hall–Kier alpha value is -1.55. The van der Waals surface area contributed by atoms with E-state index in [1.54, 1.807) is 19.2 Å². The number of pyridine rings is 1. The molecule has 0 bridgehead atoms. The molecule has 0 unspecified atom stereocenters. The van der Waals surface area contributed by atoms with Crippen molar-refractivity contribution in [2.24, 2.45) is 11.3 Å². The van der Waals surface area contributed by atoms with Gasteiger partial charge >= 0.3 is 5.97 Å². The third-order valence-corrected chi connectivity index (χ3v) is 5.14. The van der Waals surface area contributed by atoms with Gasteiger partial charge in [-0.15, -0.1) is 0 Å². The second kappa shape index (κ2) is 8.70. The van der Waals surface area contributed by atoms with Crippen molar-refractivity contribution in [3.8, 4) is 0 Å². The predicted molar refractivity (Wildman–Crippen MR) is 104 cm³/mol. The molecular weight excluding hydrogens is 336 g/mol. The molecule has 0 amide bonds. The number of nitrogens with one attached hydrogen (secondary N) is 1. The van der Waals surface area contributed by atoms with Crippen LogP contribution in [0.4, 0.5) is 5.82 Å². The number of anilines is 1. The van der Waals surface area contributed by atoms with E-state index in [-0.39, 0.29) is 5.97 Å². The molecule has 25 heavy (non-hydrogen) atoms. The molecule has 1 aliphatic carbocycles. The first kappa shape index (κ1) is 19.8. The fourth-order valence-electron chi connectivity index (χ4n) is 3.30. The highest BCUT2D eigenvalue weighted by atomic mass is 35.5. The number of hydrogen-bond donors (Lipinski definition) is 1. The Bertz CT molecular complexity index is 615. The molecule has 1 aliphatic rings. The third kappa shape index (κ3) is 6.03. The maximum absolute atomic E-state index is 11.4. The summed E-state index contributed by atoms with van der Waals surface area (Å²) >= 11 is 6.35. The van der Waals surface area contributed by atoms with Gasteiger partial charge in [-0.05, 0) is 61.6 Å². The summed E-state index contributed by atoms with van der Waals surface area (Å²) in [6, 6.07) is 2.23. The molecule has 0 saturated heterocycles. The van der Waals surface area contributed by atoms with Gasteiger partial charge in [0.2, 0.25) is 0 Å². The van der Waals surface area contributed by atoms with Gasteiger partial charge < -0.3 is 10.1 Å². The summed E-state index contributed by atoms with van der Waals surface area (Å²) in [6.07, 6.45) is 9.52. The molecule has 1 fully saturated rings. The van der Waals surface area contributed by atoms with E-state index in [0.29, 0.717) is 28.9 Å². The molecule has 0 aromatic carbocycles.